The van der Waals surface area contributed by atoms with E-state index in [1.807, 2.05) is 0 Å². The fourth-order valence-electron chi connectivity index (χ4n) is 12.4. The van der Waals surface area contributed by atoms with E-state index in [0.29, 0.717) is 12.8 Å². The molecule has 81 heavy (non-hydrogen) atoms. The Bertz CT molecular complexity index is 1160. The van der Waals surface area contributed by atoms with Crippen LogP contribution in [0.15, 0.2) is 0 Å². The molecule has 0 radical (unpaired) electrons. The molecule has 0 rings (SSSR count). The van der Waals surface area contributed by atoms with Crippen LogP contribution in [0.5, 0.6) is 0 Å². The highest BCUT2D eigenvalue weighted by Crippen LogP contribution is 2.21. The van der Waals surface area contributed by atoms with Gasteiger partial charge in [0.2, 0.25) is 0 Å². The Hall–Kier alpha value is -1.10. The number of rotatable bonds is 73. The largest absolute Gasteiger partial charge is 0.462 e. The summed E-state index contributed by atoms with van der Waals surface area (Å²) in [5.41, 5.74) is 0. The van der Waals surface area contributed by atoms with Crippen LogP contribution in [0.1, 0.15) is 457 Å². The summed E-state index contributed by atoms with van der Waals surface area (Å²) in [4.78, 5) is 24.7. The smallest absolute Gasteiger partial charge is 0.306 e. The lowest BCUT2D eigenvalue weighted by Gasteiger charge is -2.15. The minimum Gasteiger partial charge on any atom is -0.462 e. The highest BCUT2D eigenvalue weighted by Gasteiger charge is 2.16. The zero-order valence-corrected chi connectivity index (χ0v) is 55.9. The molecule has 484 valence electrons. The van der Waals surface area contributed by atoms with E-state index >= 15 is 0 Å². The molecule has 0 bridgehead atoms. The van der Waals surface area contributed by atoms with Crippen molar-refractivity contribution in [1.29, 1.82) is 0 Å². The van der Waals surface area contributed by atoms with E-state index in [9.17, 15) is 14.7 Å². The summed E-state index contributed by atoms with van der Waals surface area (Å²) in [5.74, 6) is -0.556. The number of unbranched alkanes of at least 4 members (excludes halogenated alkanes) is 65. The van der Waals surface area contributed by atoms with Crippen LogP contribution < -0.4 is 0 Å². The number of hydrogen-bond acceptors (Lipinski definition) is 5. The summed E-state index contributed by atoms with van der Waals surface area (Å²) in [6.45, 7) is 4.23. The normalized spacial score (nSPS) is 12.0. The van der Waals surface area contributed by atoms with Crippen LogP contribution in [-0.2, 0) is 19.1 Å². The molecule has 1 atom stereocenters. The monoisotopic (exact) mass is 1140 g/mol. The average Bonchev–Trinajstić information content (AvgIpc) is 3.47. The van der Waals surface area contributed by atoms with Crippen molar-refractivity contribution in [3.63, 3.8) is 0 Å². The minimum absolute atomic E-state index is 0.0552. The van der Waals surface area contributed by atoms with Crippen LogP contribution in [0.3, 0.4) is 0 Å². The first-order valence-electron chi connectivity index (χ1n) is 38.1. The van der Waals surface area contributed by atoms with Gasteiger partial charge in [0.15, 0.2) is 6.10 Å². The number of ether oxygens (including phenoxy) is 2. The molecule has 0 aromatic carbocycles. The Balaban J connectivity index is 3.33. The van der Waals surface area contributed by atoms with Crippen molar-refractivity contribution in [3.05, 3.63) is 0 Å². The average molecular weight is 1140 g/mol. The molecule has 1 unspecified atom stereocenters. The molecule has 0 amide bonds. The van der Waals surface area contributed by atoms with E-state index < -0.39 is 6.10 Å². The maximum absolute atomic E-state index is 12.4. The number of aliphatic hydroxyl groups is 1. The van der Waals surface area contributed by atoms with Crippen molar-refractivity contribution in [2.24, 2.45) is 0 Å². The Morgan fingerprint density at radius 2 is 0.383 bits per heavy atom. The van der Waals surface area contributed by atoms with Gasteiger partial charge in [-0.2, -0.15) is 0 Å². The topological polar surface area (TPSA) is 72.8 Å². The molecular formula is C76H150O5. The predicted octanol–water partition coefficient (Wildman–Crippen LogP) is 26.4. The van der Waals surface area contributed by atoms with Gasteiger partial charge in [0.25, 0.3) is 0 Å². The van der Waals surface area contributed by atoms with Gasteiger partial charge in [-0.15, -0.1) is 0 Å². The maximum Gasteiger partial charge on any atom is 0.306 e. The second-order valence-corrected chi connectivity index (χ2v) is 26.5. The van der Waals surface area contributed by atoms with Gasteiger partial charge in [0.1, 0.15) is 6.61 Å². The van der Waals surface area contributed by atoms with Crippen LogP contribution >= 0.6 is 0 Å². The van der Waals surface area contributed by atoms with Crippen molar-refractivity contribution in [2.45, 2.75) is 463 Å². The zero-order chi connectivity index (χ0) is 58.4. The van der Waals surface area contributed by atoms with Crippen molar-refractivity contribution in [3.8, 4) is 0 Å². The van der Waals surface area contributed by atoms with Crippen LogP contribution in [0.25, 0.3) is 0 Å². The van der Waals surface area contributed by atoms with Gasteiger partial charge < -0.3 is 14.6 Å². The quantitative estimate of drug-likeness (QED) is 0.0485. The number of carbonyl (C=O) groups excluding carboxylic acids is 2. The Labute approximate surface area is 509 Å². The predicted molar refractivity (Wildman–Crippen MR) is 358 cm³/mol. The van der Waals surface area contributed by atoms with E-state index in [4.69, 9.17) is 9.47 Å². The van der Waals surface area contributed by atoms with Crippen LogP contribution in [0.4, 0.5) is 0 Å². The molecule has 0 aliphatic carbocycles. The summed E-state index contributed by atoms with van der Waals surface area (Å²) in [6, 6.07) is 0. The molecule has 0 fully saturated rings. The first-order chi connectivity index (χ1) is 40.1. The molecule has 0 aromatic heterocycles. The number of aliphatic hydroxyl groups excluding tert-OH is 1. The van der Waals surface area contributed by atoms with E-state index in [2.05, 4.69) is 13.8 Å². The Morgan fingerprint density at radius 1 is 0.235 bits per heavy atom. The summed E-state index contributed by atoms with van der Waals surface area (Å²) in [6.07, 6.45) is 93.3. The summed E-state index contributed by atoms with van der Waals surface area (Å²) >= 11 is 0. The first-order valence-corrected chi connectivity index (χ1v) is 38.1. The lowest BCUT2D eigenvalue weighted by Crippen LogP contribution is -2.28. The number of carbonyl (C=O) groups is 2. The van der Waals surface area contributed by atoms with Crippen LogP contribution in [-0.4, -0.2) is 36.4 Å². The van der Waals surface area contributed by atoms with Gasteiger partial charge in [-0.25, -0.2) is 0 Å². The molecule has 0 heterocycles. The van der Waals surface area contributed by atoms with Gasteiger partial charge in [-0.3, -0.25) is 9.59 Å². The molecular weight excluding hydrogens is 993 g/mol. The van der Waals surface area contributed by atoms with Crippen LogP contribution in [0.2, 0.25) is 0 Å². The lowest BCUT2D eigenvalue weighted by atomic mass is 10.0. The Kier molecular flexibility index (Phi) is 72.2. The second kappa shape index (κ2) is 73.2. The number of hydrogen-bond donors (Lipinski definition) is 1. The summed E-state index contributed by atoms with van der Waals surface area (Å²) < 4.78 is 10.8. The van der Waals surface area contributed by atoms with Gasteiger partial charge in [-0.1, -0.05) is 431 Å². The molecule has 0 aliphatic heterocycles. The summed E-state index contributed by atoms with van der Waals surface area (Å²) in [7, 11) is 0. The lowest BCUT2D eigenvalue weighted by molar-refractivity contribution is -0.161. The van der Waals surface area contributed by atoms with Crippen molar-refractivity contribution < 1.29 is 24.2 Å². The molecule has 0 aromatic rings. The van der Waals surface area contributed by atoms with Gasteiger partial charge >= 0.3 is 11.9 Å². The standard InChI is InChI=1S/C76H150O5/c1-3-5-7-9-11-13-15-17-19-21-23-25-27-29-31-33-35-37-38-39-41-43-45-47-49-51-53-55-57-59-61-63-65-67-69-71-76(79)81-74(72-77)73-80-75(78)70-68-66-64-62-60-58-56-54-52-50-48-46-44-42-40-36-34-32-30-28-26-24-22-20-18-16-14-12-10-8-6-4-2/h74,77H,3-73H2,1-2H3. The third-order valence-electron chi connectivity index (χ3n) is 18.2. The summed E-state index contributed by atoms with van der Waals surface area (Å²) in [5, 5.41) is 9.72. The van der Waals surface area contributed by atoms with E-state index in [-0.39, 0.29) is 25.2 Å². The van der Waals surface area contributed by atoms with Gasteiger partial charge in [0.05, 0.1) is 6.61 Å². The van der Waals surface area contributed by atoms with E-state index in [1.54, 1.807) is 0 Å². The van der Waals surface area contributed by atoms with Crippen molar-refractivity contribution in [1.82, 2.24) is 0 Å². The molecule has 5 heteroatoms. The zero-order valence-electron chi connectivity index (χ0n) is 55.9. The molecule has 0 aliphatic rings. The van der Waals surface area contributed by atoms with Gasteiger partial charge in [0, 0.05) is 12.8 Å². The maximum atomic E-state index is 12.4. The highest BCUT2D eigenvalue weighted by molar-refractivity contribution is 5.70. The third kappa shape index (κ3) is 71.3. The van der Waals surface area contributed by atoms with E-state index in [1.165, 1.54) is 398 Å². The fraction of sp³-hybridized carbons (Fsp3) is 0.974. The van der Waals surface area contributed by atoms with Crippen molar-refractivity contribution in [2.75, 3.05) is 13.2 Å². The fourth-order valence-corrected chi connectivity index (χ4v) is 12.4. The molecule has 5 nitrogen and oxygen atoms in total. The van der Waals surface area contributed by atoms with Crippen molar-refractivity contribution >= 4 is 11.9 Å². The van der Waals surface area contributed by atoms with Gasteiger partial charge in [-0.05, 0) is 12.8 Å². The first kappa shape index (κ1) is 79.9. The SMILES string of the molecule is CCCCCCCCCCCCCCCCCCCCCCCCCCCCCCCCCCCCCC(=O)OC(CO)COC(=O)CCCCCCCCCCCCCCCCCCCCCCCCCCCCCCCCCC. The number of esters is 2. The van der Waals surface area contributed by atoms with Crippen LogP contribution in [0, 0.1) is 0 Å². The molecule has 1 N–H and O–H groups in total. The van der Waals surface area contributed by atoms with E-state index in [0.717, 1.165) is 32.1 Å². The second-order valence-electron chi connectivity index (χ2n) is 26.5. The molecule has 0 spiro atoms. The molecule has 0 saturated carbocycles. The third-order valence-corrected chi connectivity index (χ3v) is 18.2. The Morgan fingerprint density at radius 3 is 0.543 bits per heavy atom. The molecule has 0 saturated heterocycles. The minimum atomic E-state index is -0.766. The highest BCUT2D eigenvalue weighted by atomic mass is 16.6.